The van der Waals surface area contributed by atoms with Gasteiger partial charge in [-0.05, 0) is 28.1 Å². The molecule has 2 atom stereocenters. The van der Waals surface area contributed by atoms with Gasteiger partial charge in [-0.15, -0.1) is 0 Å². The lowest BCUT2D eigenvalue weighted by molar-refractivity contribution is -0.0977. The third kappa shape index (κ3) is 2.97. The normalized spacial score (nSPS) is 21.7. The zero-order valence-electron chi connectivity index (χ0n) is 9.99. The molecule has 0 bridgehead atoms. The zero-order valence-corrected chi connectivity index (χ0v) is 12.3. The van der Waals surface area contributed by atoms with Crippen LogP contribution in [-0.2, 0) is 9.47 Å². The Morgan fingerprint density at radius 2 is 2.28 bits per heavy atom. The molecule has 2 rings (SSSR count). The van der Waals surface area contributed by atoms with E-state index in [1.54, 1.807) is 19.2 Å². The molecule has 0 saturated carbocycles. The number of halogens is 2. The fourth-order valence-corrected chi connectivity index (χ4v) is 2.95. The Morgan fingerprint density at radius 1 is 1.50 bits per heavy atom. The van der Waals surface area contributed by atoms with Crippen LogP contribution in [0.1, 0.15) is 11.6 Å². The van der Waals surface area contributed by atoms with Crippen LogP contribution in [-0.4, -0.2) is 33.0 Å². The Morgan fingerprint density at radius 3 is 2.89 bits per heavy atom. The largest absolute Gasteiger partial charge is 0.495 e. The Bertz CT molecular complexity index is 424. The molecule has 1 aromatic carbocycles. The van der Waals surface area contributed by atoms with Crippen LogP contribution in [0.2, 0.25) is 5.02 Å². The molecular formula is C12H15BrClNO3. The van der Waals surface area contributed by atoms with E-state index in [4.69, 9.17) is 31.5 Å². The van der Waals surface area contributed by atoms with E-state index >= 15 is 0 Å². The molecule has 2 unspecified atom stereocenters. The highest BCUT2D eigenvalue weighted by Crippen LogP contribution is 2.37. The van der Waals surface area contributed by atoms with Crippen molar-refractivity contribution >= 4 is 27.5 Å². The first kappa shape index (κ1) is 14.1. The van der Waals surface area contributed by atoms with Crippen LogP contribution >= 0.6 is 27.5 Å². The van der Waals surface area contributed by atoms with Gasteiger partial charge < -0.3 is 19.9 Å². The Kier molecular flexibility index (Phi) is 4.86. The van der Waals surface area contributed by atoms with E-state index in [0.29, 0.717) is 30.6 Å². The average Bonchev–Trinajstić information content (AvgIpc) is 2.38. The van der Waals surface area contributed by atoms with Gasteiger partial charge in [0.15, 0.2) is 0 Å². The maximum absolute atomic E-state index is 6.22. The molecule has 0 amide bonds. The number of ether oxygens (including phenoxy) is 3. The number of nitrogens with two attached hydrogens (primary N) is 1. The van der Waals surface area contributed by atoms with Crippen molar-refractivity contribution in [1.29, 1.82) is 0 Å². The highest BCUT2D eigenvalue weighted by Gasteiger charge is 2.27. The third-order valence-corrected chi connectivity index (χ3v) is 3.65. The van der Waals surface area contributed by atoms with E-state index in [1.165, 1.54) is 0 Å². The lowest BCUT2D eigenvalue weighted by Gasteiger charge is -2.29. The van der Waals surface area contributed by atoms with Crippen molar-refractivity contribution in [2.24, 2.45) is 5.73 Å². The summed E-state index contributed by atoms with van der Waals surface area (Å²) < 4.78 is 17.1. The van der Waals surface area contributed by atoms with E-state index < -0.39 is 0 Å². The van der Waals surface area contributed by atoms with Crippen molar-refractivity contribution in [2.75, 3.05) is 26.9 Å². The molecule has 1 saturated heterocycles. The summed E-state index contributed by atoms with van der Waals surface area (Å²) in [5.41, 5.74) is 7.03. The third-order valence-electron chi connectivity index (χ3n) is 2.84. The van der Waals surface area contributed by atoms with Crippen molar-refractivity contribution in [3.05, 3.63) is 27.2 Å². The Hall–Kier alpha value is -0.330. The second-order valence-electron chi connectivity index (χ2n) is 4.02. The minimum atomic E-state index is -0.338. The highest BCUT2D eigenvalue weighted by atomic mass is 79.9. The summed E-state index contributed by atoms with van der Waals surface area (Å²) in [5.74, 6) is 0.682. The maximum Gasteiger partial charge on any atom is 0.138 e. The molecule has 0 aliphatic carbocycles. The minimum Gasteiger partial charge on any atom is -0.495 e. The zero-order chi connectivity index (χ0) is 13.1. The predicted octanol–water partition coefficient (Wildman–Crippen LogP) is 2.53. The molecular weight excluding hydrogens is 321 g/mol. The van der Waals surface area contributed by atoms with E-state index in [0.717, 1.165) is 10.0 Å². The van der Waals surface area contributed by atoms with Crippen molar-refractivity contribution in [1.82, 2.24) is 0 Å². The van der Waals surface area contributed by atoms with Gasteiger partial charge in [0.25, 0.3) is 0 Å². The van der Waals surface area contributed by atoms with Gasteiger partial charge in [-0.25, -0.2) is 0 Å². The first-order valence-electron chi connectivity index (χ1n) is 5.61. The van der Waals surface area contributed by atoms with Gasteiger partial charge in [-0.2, -0.15) is 0 Å². The fraction of sp³-hybridized carbons (Fsp3) is 0.500. The number of rotatable bonds is 3. The molecule has 1 aliphatic rings. The molecule has 6 heteroatoms. The molecule has 18 heavy (non-hydrogen) atoms. The van der Waals surface area contributed by atoms with Gasteiger partial charge in [0.2, 0.25) is 0 Å². The Labute approximate surface area is 119 Å². The molecule has 1 aromatic rings. The molecule has 0 radical (unpaired) electrons. The van der Waals surface area contributed by atoms with Crippen LogP contribution in [0, 0.1) is 0 Å². The summed E-state index contributed by atoms with van der Waals surface area (Å²) >= 11 is 9.46. The summed E-state index contributed by atoms with van der Waals surface area (Å²) in [6, 6.07) is 3.23. The van der Waals surface area contributed by atoms with Crippen LogP contribution in [0.25, 0.3) is 0 Å². The molecule has 1 aliphatic heterocycles. The van der Waals surface area contributed by atoms with Crippen molar-refractivity contribution in [3.8, 4) is 5.75 Å². The monoisotopic (exact) mass is 335 g/mol. The van der Waals surface area contributed by atoms with E-state index in [-0.39, 0.29) is 12.1 Å². The second kappa shape index (κ2) is 6.21. The summed E-state index contributed by atoms with van der Waals surface area (Å²) in [6.45, 7) is 1.65. The van der Waals surface area contributed by atoms with Crippen LogP contribution in [0.5, 0.6) is 5.75 Å². The molecule has 0 spiro atoms. The van der Waals surface area contributed by atoms with Gasteiger partial charge in [0, 0.05) is 10.6 Å². The fourth-order valence-electron chi connectivity index (χ4n) is 1.96. The first-order valence-corrected chi connectivity index (χ1v) is 6.78. The number of hydrogen-bond acceptors (Lipinski definition) is 4. The SMILES string of the molecule is COc1c(Br)cc(Cl)cc1C(N)C1COCCO1. The number of hydrogen-bond donors (Lipinski definition) is 1. The van der Waals surface area contributed by atoms with Crippen LogP contribution in [0.4, 0.5) is 0 Å². The minimum absolute atomic E-state index is 0.182. The van der Waals surface area contributed by atoms with Crippen LogP contribution in [0.3, 0.4) is 0 Å². The summed E-state index contributed by atoms with van der Waals surface area (Å²) in [7, 11) is 1.60. The van der Waals surface area contributed by atoms with Crippen LogP contribution in [0.15, 0.2) is 16.6 Å². The second-order valence-corrected chi connectivity index (χ2v) is 5.31. The standard InChI is InChI=1S/C12H15BrClNO3/c1-16-12-8(4-7(14)5-9(12)13)11(15)10-6-17-2-3-18-10/h4-5,10-11H,2-3,6,15H2,1H3. The maximum atomic E-state index is 6.22. The van der Waals surface area contributed by atoms with Gasteiger partial charge in [0.1, 0.15) is 11.9 Å². The topological polar surface area (TPSA) is 53.7 Å². The van der Waals surface area contributed by atoms with Crippen molar-refractivity contribution in [3.63, 3.8) is 0 Å². The number of benzene rings is 1. The quantitative estimate of drug-likeness (QED) is 0.921. The lowest BCUT2D eigenvalue weighted by atomic mass is 10.0. The molecule has 0 aromatic heterocycles. The van der Waals surface area contributed by atoms with Gasteiger partial charge in [-0.1, -0.05) is 11.6 Å². The van der Waals surface area contributed by atoms with Gasteiger partial charge >= 0.3 is 0 Å². The van der Waals surface area contributed by atoms with Gasteiger partial charge in [-0.3, -0.25) is 0 Å². The highest BCUT2D eigenvalue weighted by molar-refractivity contribution is 9.10. The summed E-state index contributed by atoms with van der Waals surface area (Å²) in [4.78, 5) is 0. The van der Waals surface area contributed by atoms with E-state index in [1.807, 2.05) is 0 Å². The molecule has 1 heterocycles. The van der Waals surface area contributed by atoms with Crippen LogP contribution < -0.4 is 10.5 Å². The number of methoxy groups -OCH3 is 1. The lowest BCUT2D eigenvalue weighted by Crippen LogP contribution is -2.38. The Balaban J connectivity index is 2.30. The summed E-state index contributed by atoms with van der Waals surface area (Å²) in [6.07, 6.45) is -0.182. The summed E-state index contributed by atoms with van der Waals surface area (Å²) in [5, 5.41) is 0.602. The molecule has 4 nitrogen and oxygen atoms in total. The van der Waals surface area contributed by atoms with Crippen molar-refractivity contribution in [2.45, 2.75) is 12.1 Å². The molecule has 1 fully saturated rings. The van der Waals surface area contributed by atoms with Crippen molar-refractivity contribution < 1.29 is 14.2 Å². The smallest absolute Gasteiger partial charge is 0.138 e. The van der Waals surface area contributed by atoms with E-state index in [9.17, 15) is 0 Å². The predicted molar refractivity (Wildman–Crippen MR) is 73.2 cm³/mol. The average molecular weight is 337 g/mol. The molecule has 100 valence electrons. The first-order chi connectivity index (χ1) is 8.63. The van der Waals surface area contributed by atoms with E-state index in [2.05, 4.69) is 15.9 Å². The van der Waals surface area contributed by atoms with Gasteiger partial charge in [0.05, 0.1) is 37.4 Å². The molecule has 2 N–H and O–H groups in total.